The van der Waals surface area contributed by atoms with Crippen molar-refractivity contribution in [3.63, 3.8) is 0 Å². The van der Waals surface area contributed by atoms with Crippen LogP contribution >= 0.6 is 0 Å². The zero-order valence-electron chi connectivity index (χ0n) is 12.0. The average Bonchev–Trinajstić information content (AvgIpc) is 2.38. The third-order valence-corrected chi connectivity index (χ3v) is 3.11. The first-order valence-electron chi connectivity index (χ1n) is 6.33. The summed E-state index contributed by atoms with van der Waals surface area (Å²) in [6.07, 6.45) is 10.6. The molecule has 1 rings (SSSR count). The van der Waals surface area contributed by atoms with Crippen LogP contribution in [0.3, 0.4) is 0 Å². The molecule has 1 nitrogen and oxygen atoms in total. The lowest BCUT2D eigenvalue weighted by Crippen LogP contribution is -2.07. The first-order chi connectivity index (χ1) is 9.01. The van der Waals surface area contributed by atoms with Crippen LogP contribution in [0.4, 0.5) is 0 Å². The van der Waals surface area contributed by atoms with Gasteiger partial charge in [-0.1, -0.05) is 49.1 Å². The summed E-state index contributed by atoms with van der Waals surface area (Å²) in [5, 5.41) is 7.93. The minimum atomic E-state index is 0.583. The lowest BCUT2D eigenvalue weighted by atomic mass is 9.85. The van der Waals surface area contributed by atoms with Crippen molar-refractivity contribution in [1.82, 2.24) is 0 Å². The van der Waals surface area contributed by atoms with Crippen LogP contribution in [0.2, 0.25) is 0 Å². The molecule has 0 unspecified atom stereocenters. The van der Waals surface area contributed by atoms with Crippen molar-refractivity contribution in [3.8, 4) is 0 Å². The van der Waals surface area contributed by atoms with E-state index in [4.69, 9.17) is 5.41 Å². The van der Waals surface area contributed by atoms with Crippen molar-refractivity contribution in [2.24, 2.45) is 0 Å². The zero-order chi connectivity index (χ0) is 14.4. The zero-order valence-corrected chi connectivity index (χ0v) is 12.0. The topological polar surface area (TPSA) is 23.9 Å². The monoisotopic (exact) mass is 251 g/mol. The molecule has 0 heterocycles. The molecule has 1 N–H and O–H groups in total. The highest BCUT2D eigenvalue weighted by atomic mass is 14.4. The molecule has 19 heavy (non-hydrogen) atoms. The Labute approximate surface area is 116 Å². The van der Waals surface area contributed by atoms with E-state index in [2.05, 4.69) is 31.9 Å². The molecular formula is C18H21N. The van der Waals surface area contributed by atoms with Gasteiger partial charge in [0.15, 0.2) is 0 Å². The summed E-state index contributed by atoms with van der Waals surface area (Å²) >= 11 is 0. The van der Waals surface area contributed by atoms with Crippen molar-refractivity contribution >= 4 is 5.71 Å². The van der Waals surface area contributed by atoms with Gasteiger partial charge in [0, 0.05) is 5.71 Å². The summed E-state index contributed by atoms with van der Waals surface area (Å²) in [6, 6.07) is 0. The summed E-state index contributed by atoms with van der Waals surface area (Å²) in [7, 11) is 0. The molecule has 0 radical (unpaired) electrons. The molecule has 0 saturated heterocycles. The van der Waals surface area contributed by atoms with Crippen molar-refractivity contribution in [1.29, 1.82) is 5.41 Å². The maximum Gasteiger partial charge on any atom is 0.0358 e. The van der Waals surface area contributed by atoms with Gasteiger partial charge in [0.2, 0.25) is 0 Å². The van der Waals surface area contributed by atoms with Crippen LogP contribution in [0.15, 0.2) is 77.1 Å². The molecule has 1 aliphatic rings. The molecule has 1 heteroatoms. The van der Waals surface area contributed by atoms with Gasteiger partial charge < -0.3 is 5.41 Å². The Kier molecular flexibility index (Phi) is 5.29. The fourth-order valence-corrected chi connectivity index (χ4v) is 2.06. The number of nitrogens with one attached hydrogen (secondary N) is 1. The van der Waals surface area contributed by atoms with E-state index in [0.29, 0.717) is 5.71 Å². The fraction of sp³-hybridized carbons (Fsp3) is 0.222. The molecule has 0 bridgehead atoms. The first-order valence-corrected chi connectivity index (χ1v) is 6.33. The van der Waals surface area contributed by atoms with Gasteiger partial charge in [-0.2, -0.15) is 0 Å². The van der Waals surface area contributed by atoms with E-state index in [-0.39, 0.29) is 0 Å². The van der Waals surface area contributed by atoms with Gasteiger partial charge in [-0.3, -0.25) is 0 Å². The van der Waals surface area contributed by atoms with E-state index < -0.39 is 0 Å². The Morgan fingerprint density at radius 1 is 1.37 bits per heavy atom. The van der Waals surface area contributed by atoms with E-state index >= 15 is 0 Å². The molecular weight excluding hydrogens is 230 g/mol. The van der Waals surface area contributed by atoms with Gasteiger partial charge >= 0.3 is 0 Å². The maximum absolute atomic E-state index is 7.93. The molecule has 98 valence electrons. The van der Waals surface area contributed by atoms with Crippen molar-refractivity contribution in [2.75, 3.05) is 0 Å². The summed E-state index contributed by atoms with van der Waals surface area (Å²) in [4.78, 5) is 0. The molecule has 0 aromatic heterocycles. The maximum atomic E-state index is 7.93. The SMILES string of the molecule is C=C=C(C)C(/C=C\C=C)=C1/CC(C)=CC=C1C(C)=N. The average molecular weight is 251 g/mol. The molecule has 0 spiro atoms. The van der Waals surface area contributed by atoms with Crippen LogP contribution in [-0.2, 0) is 0 Å². The molecule has 1 aliphatic carbocycles. The van der Waals surface area contributed by atoms with Gasteiger partial charge in [0.1, 0.15) is 0 Å². The quantitative estimate of drug-likeness (QED) is 0.409. The van der Waals surface area contributed by atoms with Gasteiger partial charge in [-0.05, 0) is 49.5 Å². The van der Waals surface area contributed by atoms with E-state index in [0.717, 1.165) is 23.1 Å². The Morgan fingerprint density at radius 2 is 2.05 bits per heavy atom. The lowest BCUT2D eigenvalue weighted by Gasteiger charge is -2.19. The smallest absolute Gasteiger partial charge is 0.0358 e. The summed E-state index contributed by atoms with van der Waals surface area (Å²) in [6.45, 7) is 13.4. The third-order valence-electron chi connectivity index (χ3n) is 3.11. The summed E-state index contributed by atoms with van der Waals surface area (Å²) in [5.41, 5.74) is 9.06. The standard InChI is InChI=1S/C18H21N/c1-6-8-9-16(14(4)7-2)18-12-13(3)10-11-17(18)15(5)19/h6,8-11,19H,1-2,12H2,3-5H3/b9-8-,18-16-,19-15?. The second kappa shape index (κ2) is 6.72. The number of hydrogen-bond donors (Lipinski definition) is 1. The highest BCUT2D eigenvalue weighted by molar-refractivity contribution is 6.01. The summed E-state index contributed by atoms with van der Waals surface area (Å²) in [5.74, 6) is 0. The van der Waals surface area contributed by atoms with Crippen molar-refractivity contribution in [3.05, 3.63) is 77.1 Å². The van der Waals surface area contributed by atoms with E-state index in [1.54, 1.807) is 6.08 Å². The fourth-order valence-electron chi connectivity index (χ4n) is 2.06. The number of hydrogen-bond acceptors (Lipinski definition) is 1. The number of allylic oxidation sites excluding steroid dienone is 10. The van der Waals surface area contributed by atoms with Gasteiger partial charge in [0.25, 0.3) is 0 Å². The Bertz CT molecular complexity index is 571. The highest BCUT2D eigenvalue weighted by Gasteiger charge is 2.16. The Morgan fingerprint density at radius 3 is 2.58 bits per heavy atom. The van der Waals surface area contributed by atoms with Gasteiger partial charge in [-0.15, -0.1) is 5.73 Å². The van der Waals surface area contributed by atoms with E-state index in [1.165, 1.54) is 11.1 Å². The Balaban J connectivity index is 3.51. The molecule has 0 fully saturated rings. The summed E-state index contributed by atoms with van der Waals surface area (Å²) < 4.78 is 0. The largest absolute Gasteiger partial charge is 0.305 e. The molecule has 0 aliphatic heterocycles. The van der Waals surface area contributed by atoms with Gasteiger partial charge in [0.05, 0.1) is 0 Å². The lowest BCUT2D eigenvalue weighted by molar-refractivity contribution is 1.09. The van der Waals surface area contributed by atoms with Crippen LogP contribution in [-0.4, -0.2) is 5.71 Å². The molecule has 0 amide bonds. The highest BCUT2D eigenvalue weighted by Crippen LogP contribution is 2.31. The van der Waals surface area contributed by atoms with Crippen LogP contribution in [0.25, 0.3) is 0 Å². The predicted octanol–water partition coefficient (Wildman–Crippen LogP) is 5.07. The molecule has 0 aromatic carbocycles. The van der Waals surface area contributed by atoms with Gasteiger partial charge in [-0.25, -0.2) is 0 Å². The Hall–Kier alpha value is -2.11. The van der Waals surface area contributed by atoms with E-state index in [9.17, 15) is 0 Å². The molecule has 0 atom stereocenters. The third kappa shape index (κ3) is 3.67. The van der Waals surface area contributed by atoms with E-state index in [1.807, 2.05) is 32.1 Å². The molecule has 0 saturated carbocycles. The second-order valence-corrected chi connectivity index (χ2v) is 4.68. The van der Waals surface area contributed by atoms with Crippen molar-refractivity contribution < 1.29 is 0 Å². The first kappa shape index (κ1) is 14.9. The second-order valence-electron chi connectivity index (χ2n) is 4.68. The van der Waals surface area contributed by atoms with Crippen LogP contribution in [0, 0.1) is 5.41 Å². The predicted molar refractivity (Wildman–Crippen MR) is 84.5 cm³/mol. The minimum absolute atomic E-state index is 0.583. The minimum Gasteiger partial charge on any atom is -0.305 e. The van der Waals surface area contributed by atoms with Crippen LogP contribution < -0.4 is 0 Å². The number of rotatable bonds is 4. The van der Waals surface area contributed by atoms with Crippen molar-refractivity contribution in [2.45, 2.75) is 27.2 Å². The normalized spacial score (nSPS) is 17.4. The van der Waals surface area contributed by atoms with Crippen LogP contribution in [0.5, 0.6) is 0 Å². The van der Waals surface area contributed by atoms with Crippen LogP contribution in [0.1, 0.15) is 27.2 Å². The molecule has 0 aromatic rings.